The van der Waals surface area contributed by atoms with Crippen LogP contribution in [0.15, 0.2) is 91.0 Å². The molecule has 0 amide bonds. The number of guanidine groups is 1. The second-order valence-corrected chi connectivity index (χ2v) is 8.01. The Morgan fingerprint density at radius 3 is 1.93 bits per heavy atom. The maximum atomic E-state index is 11.9. The van der Waals surface area contributed by atoms with Crippen LogP contribution in [-0.4, -0.2) is 21.9 Å². The van der Waals surface area contributed by atoms with Crippen LogP contribution in [-0.2, 0) is 4.57 Å². The van der Waals surface area contributed by atoms with Gasteiger partial charge in [-0.2, -0.15) is 0 Å². The van der Waals surface area contributed by atoms with Crippen LogP contribution < -0.4 is 10.2 Å². The molecule has 0 aromatic heterocycles. The molecule has 0 spiro atoms. The molecule has 1 atom stereocenters. The molecule has 3 aromatic rings. The second-order valence-electron chi connectivity index (χ2n) is 6.32. The van der Waals surface area contributed by atoms with E-state index in [1.54, 1.807) is 4.90 Å². The fourth-order valence-electron chi connectivity index (χ4n) is 3.01. The summed E-state index contributed by atoms with van der Waals surface area (Å²) >= 11 is 0. The Morgan fingerprint density at radius 2 is 1.39 bits per heavy atom. The first-order valence-corrected chi connectivity index (χ1v) is 10.6. The van der Waals surface area contributed by atoms with Gasteiger partial charge in [-0.05, 0) is 29.8 Å². The van der Waals surface area contributed by atoms with Crippen LogP contribution in [0.3, 0.4) is 0 Å². The maximum absolute atomic E-state index is 11.9. The number of para-hydroxylation sites is 2. The van der Waals surface area contributed by atoms with Crippen LogP contribution in [0, 0.1) is 5.41 Å². The molecule has 0 aliphatic rings. The van der Waals surface area contributed by atoms with E-state index in [9.17, 15) is 14.4 Å². The summed E-state index contributed by atoms with van der Waals surface area (Å²) in [6.45, 7) is 0. The van der Waals surface area contributed by atoms with Crippen molar-refractivity contribution in [2.75, 3.05) is 16.4 Å². The molecule has 3 rings (SSSR count). The molecule has 0 heterocycles. The largest absolute Gasteiger partial charge is 0.327 e. The van der Waals surface area contributed by atoms with Gasteiger partial charge in [-0.1, -0.05) is 66.7 Å². The first-order valence-electron chi connectivity index (χ1n) is 8.78. The highest BCUT2D eigenvalue weighted by molar-refractivity contribution is 7.51. The Morgan fingerprint density at radius 1 is 0.893 bits per heavy atom. The maximum Gasteiger partial charge on any atom is 0.327 e. The molecule has 0 fully saturated rings. The van der Waals surface area contributed by atoms with Crippen LogP contribution in [0.25, 0.3) is 0 Å². The third-order valence-electron chi connectivity index (χ3n) is 4.22. The monoisotopic (exact) mass is 395 g/mol. The number of anilines is 2. The van der Waals surface area contributed by atoms with Crippen molar-refractivity contribution in [3.8, 4) is 0 Å². The van der Waals surface area contributed by atoms with E-state index in [2.05, 4.69) is 5.32 Å². The van der Waals surface area contributed by atoms with Crippen molar-refractivity contribution < 1.29 is 14.4 Å². The smallest absolute Gasteiger partial charge is 0.326 e. The van der Waals surface area contributed by atoms with Gasteiger partial charge in [0, 0.05) is 11.4 Å². The lowest BCUT2D eigenvalue weighted by atomic mass is 10.1. The molecule has 0 saturated carbocycles. The van der Waals surface area contributed by atoms with Crippen molar-refractivity contribution in [3.05, 3.63) is 96.6 Å². The number of rotatable bonds is 6. The molecule has 0 radical (unpaired) electrons. The Kier molecular flexibility index (Phi) is 6.26. The molecular formula is C21H22N3O3P. The van der Waals surface area contributed by atoms with Gasteiger partial charge in [-0.25, -0.2) is 0 Å². The van der Waals surface area contributed by atoms with Crippen LogP contribution in [0.1, 0.15) is 11.6 Å². The van der Waals surface area contributed by atoms with Gasteiger partial charge >= 0.3 is 7.60 Å². The van der Waals surface area contributed by atoms with Gasteiger partial charge < -0.3 is 20.0 Å². The molecule has 7 heteroatoms. The third kappa shape index (κ3) is 5.30. The summed E-state index contributed by atoms with van der Waals surface area (Å²) in [6, 6.07) is 26.8. The van der Waals surface area contributed by atoms with E-state index in [0.29, 0.717) is 11.3 Å². The van der Waals surface area contributed by atoms with E-state index in [-0.39, 0.29) is 5.96 Å². The molecule has 0 bridgehead atoms. The summed E-state index contributed by atoms with van der Waals surface area (Å²) in [7, 11) is -4.35. The van der Waals surface area contributed by atoms with Crippen LogP contribution in [0.4, 0.5) is 11.4 Å². The van der Waals surface area contributed by atoms with Crippen LogP contribution in [0.2, 0.25) is 0 Å². The number of hydrogen-bond acceptors (Lipinski definition) is 2. The fraction of sp³-hybridized carbons (Fsp3) is 0.0952. The highest BCUT2D eigenvalue weighted by atomic mass is 31.2. The van der Waals surface area contributed by atoms with Gasteiger partial charge in [-0.3, -0.25) is 9.97 Å². The van der Waals surface area contributed by atoms with Crippen molar-refractivity contribution in [1.82, 2.24) is 0 Å². The fourth-order valence-corrected chi connectivity index (χ4v) is 3.83. The number of nitrogens with zero attached hydrogens (tertiary/aromatic N) is 1. The minimum Gasteiger partial charge on any atom is -0.326 e. The number of hydrogen-bond donors (Lipinski definition) is 4. The topological polar surface area (TPSA) is 96.7 Å². The average Bonchev–Trinajstić information content (AvgIpc) is 2.69. The van der Waals surface area contributed by atoms with E-state index in [1.165, 1.54) is 0 Å². The molecule has 0 saturated heterocycles. The molecule has 144 valence electrons. The second kappa shape index (κ2) is 8.85. The van der Waals surface area contributed by atoms with Crippen molar-refractivity contribution in [2.24, 2.45) is 0 Å². The van der Waals surface area contributed by atoms with Crippen LogP contribution in [0.5, 0.6) is 0 Å². The zero-order valence-corrected chi connectivity index (χ0v) is 16.0. The van der Waals surface area contributed by atoms with Gasteiger partial charge in [0.1, 0.15) is 0 Å². The normalized spacial score (nSPS) is 12.2. The number of benzene rings is 3. The van der Waals surface area contributed by atoms with Crippen molar-refractivity contribution in [2.45, 2.75) is 6.04 Å². The molecule has 0 aliphatic heterocycles. The molecule has 1 unspecified atom stereocenters. The molecule has 0 aliphatic carbocycles. The quantitative estimate of drug-likeness (QED) is 0.281. The predicted octanol–water partition coefficient (Wildman–Crippen LogP) is 4.46. The van der Waals surface area contributed by atoms with Gasteiger partial charge in [0.05, 0.1) is 12.2 Å². The van der Waals surface area contributed by atoms with E-state index in [4.69, 9.17) is 5.41 Å². The van der Waals surface area contributed by atoms with Gasteiger partial charge in [0.25, 0.3) is 0 Å². The van der Waals surface area contributed by atoms with E-state index >= 15 is 0 Å². The minimum absolute atomic E-state index is 0.0275. The van der Waals surface area contributed by atoms with Crippen molar-refractivity contribution >= 4 is 24.9 Å². The SMILES string of the molecule is N=C(Nc1ccccc1)N(c1ccccc1)C(CP(=O)(O)O)c1ccccc1. The minimum atomic E-state index is -4.35. The summed E-state index contributed by atoms with van der Waals surface area (Å²) in [5.41, 5.74) is 2.10. The Bertz CT molecular complexity index is 946. The lowest BCUT2D eigenvalue weighted by Crippen LogP contribution is -2.40. The van der Waals surface area contributed by atoms with Gasteiger partial charge in [-0.15, -0.1) is 0 Å². The molecule has 6 nitrogen and oxygen atoms in total. The van der Waals surface area contributed by atoms with Crippen molar-refractivity contribution in [1.29, 1.82) is 5.41 Å². The lowest BCUT2D eigenvalue weighted by molar-refractivity contribution is 0.369. The summed E-state index contributed by atoms with van der Waals surface area (Å²) in [5, 5.41) is 11.7. The first kappa shape index (κ1) is 19.8. The van der Waals surface area contributed by atoms with Crippen LogP contribution >= 0.6 is 7.60 Å². The number of nitrogens with one attached hydrogen (secondary N) is 2. The predicted molar refractivity (Wildman–Crippen MR) is 113 cm³/mol. The summed E-state index contributed by atoms with van der Waals surface area (Å²) in [4.78, 5) is 21.0. The van der Waals surface area contributed by atoms with Crippen molar-refractivity contribution in [3.63, 3.8) is 0 Å². The standard InChI is InChI=1S/C21H22N3O3P/c22-21(23-18-12-6-2-7-13-18)24(19-14-8-3-9-15-19)20(16-28(25,26)27)17-10-4-1-5-11-17/h1-15,20H,16H2,(H2,22,23)(H2,25,26,27). The average molecular weight is 395 g/mol. The Labute approximate surface area is 164 Å². The Hall–Kier alpha value is -2.92. The summed E-state index contributed by atoms with van der Waals surface area (Å²) in [6.07, 6.45) is -0.412. The van der Waals surface area contributed by atoms with E-state index < -0.39 is 19.8 Å². The summed E-state index contributed by atoms with van der Waals surface area (Å²) in [5.74, 6) is 0.0275. The first-order chi connectivity index (χ1) is 13.4. The van der Waals surface area contributed by atoms with Gasteiger partial charge in [0.2, 0.25) is 5.96 Å². The Balaban J connectivity index is 2.04. The lowest BCUT2D eigenvalue weighted by Gasteiger charge is -2.34. The zero-order valence-electron chi connectivity index (χ0n) is 15.1. The highest BCUT2D eigenvalue weighted by Crippen LogP contribution is 2.42. The highest BCUT2D eigenvalue weighted by Gasteiger charge is 2.31. The zero-order chi connectivity index (χ0) is 20.0. The molecule has 3 aromatic carbocycles. The molecule has 28 heavy (non-hydrogen) atoms. The molecule has 4 N–H and O–H groups in total. The summed E-state index contributed by atoms with van der Waals surface area (Å²) < 4.78 is 11.9. The molecular weight excluding hydrogens is 373 g/mol. The van der Waals surface area contributed by atoms with E-state index in [1.807, 2.05) is 91.0 Å². The van der Waals surface area contributed by atoms with E-state index in [0.717, 1.165) is 5.69 Å². The third-order valence-corrected chi connectivity index (χ3v) is 5.04. The van der Waals surface area contributed by atoms with Gasteiger partial charge in [0.15, 0.2) is 0 Å².